The lowest BCUT2D eigenvalue weighted by Gasteiger charge is -2.21. The zero-order chi connectivity index (χ0) is 17.7. The third kappa shape index (κ3) is 3.02. The fraction of sp³-hybridized carbons (Fsp3) is 0.611. The quantitative estimate of drug-likeness (QED) is 0.510. The minimum absolute atomic E-state index is 0.00756. The van der Waals surface area contributed by atoms with Crippen molar-refractivity contribution in [2.45, 2.75) is 49.2 Å². The van der Waals surface area contributed by atoms with E-state index in [1.54, 1.807) is 31.4 Å². The Balaban J connectivity index is 1.08. The lowest BCUT2D eigenvalue weighted by molar-refractivity contribution is -0.215. The summed E-state index contributed by atoms with van der Waals surface area (Å²) in [7, 11) is 1.59. The molecular formula is C18H20O8. The molecule has 4 aliphatic rings. The van der Waals surface area contributed by atoms with E-state index in [2.05, 4.69) is 0 Å². The van der Waals surface area contributed by atoms with Crippen LogP contribution in [0.2, 0.25) is 0 Å². The second-order valence-electron chi connectivity index (χ2n) is 6.75. The van der Waals surface area contributed by atoms with Crippen LogP contribution in [0.25, 0.3) is 0 Å². The van der Waals surface area contributed by atoms with Gasteiger partial charge < -0.3 is 33.2 Å². The van der Waals surface area contributed by atoms with E-state index in [4.69, 9.17) is 33.2 Å². The number of fused-ring (bicyclic) bond motifs is 2. The van der Waals surface area contributed by atoms with E-state index in [-0.39, 0.29) is 55.5 Å². The van der Waals surface area contributed by atoms with E-state index in [9.17, 15) is 4.79 Å². The molecular weight excluding hydrogens is 344 g/mol. The fourth-order valence-corrected chi connectivity index (χ4v) is 3.56. The molecule has 1 aromatic rings. The van der Waals surface area contributed by atoms with E-state index in [0.717, 1.165) is 0 Å². The van der Waals surface area contributed by atoms with Crippen molar-refractivity contribution >= 4 is 5.97 Å². The first kappa shape index (κ1) is 16.6. The smallest absolute Gasteiger partial charge is 0.338 e. The number of carbonyl (C=O) groups is 1. The summed E-state index contributed by atoms with van der Waals surface area (Å²) in [6.45, 7) is 0.475. The number of methoxy groups -OCH3 is 1. The highest BCUT2D eigenvalue weighted by molar-refractivity contribution is 5.89. The van der Waals surface area contributed by atoms with Crippen LogP contribution in [0.4, 0.5) is 0 Å². The molecule has 0 amide bonds. The van der Waals surface area contributed by atoms with E-state index in [1.807, 2.05) is 6.07 Å². The maximum Gasteiger partial charge on any atom is 0.338 e. The monoisotopic (exact) mass is 364 g/mol. The summed E-state index contributed by atoms with van der Waals surface area (Å²) in [6.07, 6.45) is -1.47. The third-order valence-corrected chi connectivity index (χ3v) is 5.06. The first-order valence-corrected chi connectivity index (χ1v) is 8.73. The van der Waals surface area contributed by atoms with Crippen LogP contribution in [0.3, 0.4) is 0 Å². The Bertz CT molecular complexity index is 666. The maximum absolute atomic E-state index is 12.0. The molecule has 4 heterocycles. The van der Waals surface area contributed by atoms with Crippen LogP contribution in [0.1, 0.15) is 10.4 Å². The van der Waals surface area contributed by atoms with E-state index >= 15 is 0 Å². The molecule has 4 aliphatic heterocycles. The Morgan fingerprint density at radius 3 is 2.23 bits per heavy atom. The molecule has 0 N–H and O–H groups in total. The highest BCUT2D eigenvalue weighted by atomic mass is 16.8. The van der Waals surface area contributed by atoms with Gasteiger partial charge in [0.1, 0.15) is 43.2 Å². The molecule has 8 atom stereocenters. The summed E-state index contributed by atoms with van der Waals surface area (Å²) in [4.78, 5) is 12.0. The summed E-state index contributed by atoms with van der Waals surface area (Å²) >= 11 is 0. The van der Waals surface area contributed by atoms with Crippen molar-refractivity contribution in [2.75, 3.05) is 20.3 Å². The Hall–Kier alpha value is -1.55. The molecule has 0 aromatic heterocycles. The second-order valence-corrected chi connectivity index (χ2v) is 6.75. The minimum Gasteiger partial charge on any atom is -0.459 e. The first-order valence-electron chi connectivity index (χ1n) is 8.73. The second kappa shape index (κ2) is 6.56. The van der Waals surface area contributed by atoms with Crippen LogP contribution in [0, 0.1) is 0 Å². The van der Waals surface area contributed by atoms with Crippen LogP contribution in [0.15, 0.2) is 30.3 Å². The van der Waals surface area contributed by atoms with Gasteiger partial charge in [0.05, 0.1) is 12.2 Å². The van der Waals surface area contributed by atoms with Crippen molar-refractivity contribution in [1.82, 2.24) is 0 Å². The van der Waals surface area contributed by atoms with Crippen LogP contribution in [-0.4, -0.2) is 75.5 Å². The minimum atomic E-state index is -0.483. The van der Waals surface area contributed by atoms with Gasteiger partial charge in [0.15, 0.2) is 12.6 Å². The van der Waals surface area contributed by atoms with Crippen LogP contribution in [0.5, 0.6) is 0 Å². The largest absolute Gasteiger partial charge is 0.459 e. The van der Waals surface area contributed by atoms with Gasteiger partial charge >= 0.3 is 5.97 Å². The van der Waals surface area contributed by atoms with Crippen molar-refractivity contribution in [2.24, 2.45) is 0 Å². The molecule has 4 saturated heterocycles. The van der Waals surface area contributed by atoms with Crippen molar-refractivity contribution in [3.63, 3.8) is 0 Å². The number of ether oxygens (including phenoxy) is 7. The Morgan fingerprint density at radius 1 is 0.885 bits per heavy atom. The molecule has 1 aromatic carbocycles. The Morgan fingerprint density at radius 2 is 1.54 bits per heavy atom. The van der Waals surface area contributed by atoms with Gasteiger partial charge in [0.2, 0.25) is 0 Å². The molecule has 0 bridgehead atoms. The lowest BCUT2D eigenvalue weighted by atomic mass is 10.2. The molecule has 0 radical (unpaired) electrons. The van der Waals surface area contributed by atoms with Crippen molar-refractivity contribution in [1.29, 1.82) is 0 Å². The van der Waals surface area contributed by atoms with Gasteiger partial charge in [-0.2, -0.15) is 0 Å². The Kier molecular flexibility index (Phi) is 4.19. The standard InChI is InChI=1S/C18H20O8/c1-20-17-14-12(25-14)11(23-17)8-22-18-15-13(26-15)10(24-18)7-21-16(19)9-5-3-2-4-6-9/h2-6,10-15,17-18H,7-8H2,1H3/t10-,11-,12+,13-,14+,15-,17+,18?/m1/s1. The van der Waals surface area contributed by atoms with Crippen molar-refractivity contribution in [3.8, 4) is 0 Å². The summed E-state index contributed by atoms with van der Waals surface area (Å²) in [5, 5.41) is 0. The van der Waals surface area contributed by atoms with Crippen LogP contribution >= 0.6 is 0 Å². The molecule has 1 unspecified atom stereocenters. The molecule has 26 heavy (non-hydrogen) atoms. The summed E-state index contributed by atoms with van der Waals surface area (Å²) in [5.41, 5.74) is 0.511. The van der Waals surface area contributed by atoms with E-state index < -0.39 is 6.29 Å². The predicted molar refractivity (Wildman–Crippen MR) is 84.3 cm³/mol. The van der Waals surface area contributed by atoms with E-state index in [1.165, 1.54) is 0 Å². The Labute approximate surface area is 150 Å². The average molecular weight is 364 g/mol. The van der Waals surface area contributed by atoms with Crippen molar-refractivity contribution < 1.29 is 38.0 Å². The highest BCUT2D eigenvalue weighted by Crippen LogP contribution is 2.42. The summed E-state index contributed by atoms with van der Waals surface area (Å²) in [6, 6.07) is 8.85. The number of rotatable bonds is 7. The summed E-state index contributed by atoms with van der Waals surface area (Å²) < 4.78 is 38.9. The van der Waals surface area contributed by atoms with Gasteiger partial charge in [-0.3, -0.25) is 0 Å². The fourth-order valence-electron chi connectivity index (χ4n) is 3.56. The topological polar surface area (TPSA) is 88.3 Å². The first-order chi connectivity index (χ1) is 12.7. The third-order valence-electron chi connectivity index (χ3n) is 5.06. The molecule has 8 heteroatoms. The molecule has 140 valence electrons. The maximum atomic E-state index is 12.0. The van der Waals surface area contributed by atoms with Crippen molar-refractivity contribution in [3.05, 3.63) is 35.9 Å². The molecule has 5 rings (SSSR count). The number of hydrogen-bond donors (Lipinski definition) is 0. The lowest BCUT2D eigenvalue weighted by Crippen LogP contribution is -2.31. The number of esters is 1. The molecule has 0 aliphatic carbocycles. The zero-order valence-corrected chi connectivity index (χ0v) is 14.2. The zero-order valence-electron chi connectivity index (χ0n) is 14.2. The van der Waals surface area contributed by atoms with Gasteiger partial charge in [-0.15, -0.1) is 0 Å². The van der Waals surface area contributed by atoms with Gasteiger partial charge in [-0.05, 0) is 12.1 Å². The summed E-state index contributed by atoms with van der Waals surface area (Å²) in [5.74, 6) is -0.377. The van der Waals surface area contributed by atoms with Gasteiger partial charge in [0, 0.05) is 7.11 Å². The number of hydrogen-bond acceptors (Lipinski definition) is 8. The van der Waals surface area contributed by atoms with E-state index in [0.29, 0.717) is 12.2 Å². The highest BCUT2D eigenvalue weighted by Gasteiger charge is 2.61. The molecule has 4 fully saturated rings. The SMILES string of the molecule is CO[C@H]1O[C@H](COC2O[C@H](COC(=O)c3ccccc3)[C@H]3O[C@@H]23)[C@@H]2O[C@H]12. The van der Waals surface area contributed by atoms with Crippen LogP contribution in [-0.2, 0) is 33.2 Å². The predicted octanol–water partition coefficient (Wildman–Crippen LogP) is 0.491. The number of benzene rings is 1. The molecule has 0 spiro atoms. The van der Waals surface area contributed by atoms with Gasteiger partial charge in [-0.1, -0.05) is 18.2 Å². The molecule has 0 saturated carbocycles. The average Bonchev–Trinajstić information content (AvgIpc) is 3.58. The van der Waals surface area contributed by atoms with Gasteiger partial charge in [-0.25, -0.2) is 4.79 Å². The number of carbonyl (C=O) groups excluding carboxylic acids is 1. The van der Waals surface area contributed by atoms with Crippen LogP contribution < -0.4 is 0 Å². The number of epoxide rings is 2. The normalized spacial score (nSPS) is 42.2. The van der Waals surface area contributed by atoms with Gasteiger partial charge in [0.25, 0.3) is 0 Å². The molecule has 8 nitrogen and oxygen atoms in total.